The van der Waals surface area contributed by atoms with Crippen LogP contribution in [0.5, 0.6) is 17.2 Å². The number of carbonyl (C=O) groups is 1. The van der Waals surface area contributed by atoms with E-state index in [0.717, 1.165) is 5.56 Å². The summed E-state index contributed by atoms with van der Waals surface area (Å²) in [7, 11) is 4.69. The topological polar surface area (TPSA) is 101 Å². The highest BCUT2D eigenvalue weighted by Crippen LogP contribution is 2.40. The number of amides is 1. The molecule has 0 radical (unpaired) electrons. The van der Waals surface area contributed by atoms with E-state index >= 15 is 0 Å². The van der Waals surface area contributed by atoms with Crippen molar-refractivity contribution < 1.29 is 19.0 Å². The summed E-state index contributed by atoms with van der Waals surface area (Å²) in [5, 5.41) is 7.15. The van der Waals surface area contributed by atoms with Gasteiger partial charge < -0.3 is 25.3 Å². The van der Waals surface area contributed by atoms with Gasteiger partial charge in [0, 0.05) is 17.7 Å². The number of ether oxygens (including phenoxy) is 3. The fourth-order valence-corrected chi connectivity index (χ4v) is 2.49. The molecule has 0 bridgehead atoms. The zero-order chi connectivity index (χ0) is 19.3. The van der Waals surface area contributed by atoms with Crippen LogP contribution in [0.15, 0.2) is 24.4 Å². The van der Waals surface area contributed by atoms with Gasteiger partial charge in [0.15, 0.2) is 11.5 Å². The van der Waals surface area contributed by atoms with Crippen LogP contribution in [0.2, 0.25) is 0 Å². The van der Waals surface area contributed by atoms with E-state index < -0.39 is 0 Å². The van der Waals surface area contributed by atoms with Crippen LogP contribution in [-0.4, -0.2) is 43.1 Å². The highest BCUT2D eigenvalue weighted by molar-refractivity contribution is 5.91. The van der Waals surface area contributed by atoms with Crippen LogP contribution in [0.25, 0.3) is 0 Å². The molecular weight excluding hydrogens is 372 g/mol. The summed E-state index contributed by atoms with van der Waals surface area (Å²) in [6.07, 6.45) is 1.62. The fraction of sp³-hybridized carbons (Fsp3) is 0.444. The molecule has 0 aliphatic carbocycles. The third-order valence-corrected chi connectivity index (χ3v) is 4.28. The summed E-state index contributed by atoms with van der Waals surface area (Å²) >= 11 is 0. The number of rotatable bonds is 8. The van der Waals surface area contributed by atoms with E-state index in [9.17, 15) is 4.79 Å². The summed E-state index contributed by atoms with van der Waals surface area (Å²) in [4.78, 5) is 12.3. The third-order valence-electron chi connectivity index (χ3n) is 4.28. The standard InChI is InChI=1S/C18H26N4O4.ClH/c1-11(12(2)19)18(23)21-15-8-9-20-22(15)10-13-6-7-14(24-3)17(26-5)16(13)25-4;/h6-9,11-12H,10,19H2,1-5H3,(H,21,23);1H. The zero-order valence-corrected chi connectivity index (χ0v) is 17.0. The van der Waals surface area contributed by atoms with Crippen molar-refractivity contribution in [2.24, 2.45) is 11.7 Å². The van der Waals surface area contributed by atoms with Crippen LogP contribution in [0.3, 0.4) is 0 Å². The predicted molar refractivity (Wildman–Crippen MR) is 106 cm³/mol. The fourth-order valence-electron chi connectivity index (χ4n) is 2.49. The van der Waals surface area contributed by atoms with Crippen molar-refractivity contribution in [2.75, 3.05) is 26.6 Å². The van der Waals surface area contributed by atoms with Crippen LogP contribution in [0.4, 0.5) is 5.82 Å². The number of methoxy groups -OCH3 is 3. The van der Waals surface area contributed by atoms with E-state index in [1.807, 2.05) is 6.07 Å². The molecule has 9 heteroatoms. The van der Waals surface area contributed by atoms with Gasteiger partial charge in [-0.25, -0.2) is 4.68 Å². The molecule has 0 saturated heterocycles. The van der Waals surface area contributed by atoms with Gasteiger partial charge >= 0.3 is 0 Å². The summed E-state index contributed by atoms with van der Waals surface area (Å²) < 4.78 is 17.9. The lowest BCUT2D eigenvalue weighted by Crippen LogP contribution is -2.34. The van der Waals surface area contributed by atoms with Gasteiger partial charge in [0.1, 0.15) is 5.82 Å². The molecule has 0 saturated carbocycles. The quantitative estimate of drug-likeness (QED) is 0.707. The van der Waals surface area contributed by atoms with E-state index in [-0.39, 0.29) is 30.3 Å². The van der Waals surface area contributed by atoms with Crippen molar-refractivity contribution in [1.82, 2.24) is 9.78 Å². The Morgan fingerprint density at radius 2 is 1.81 bits per heavy atom. The number of halogens is 1. The molecule has 1 aromatic carbocycles. The van der Waals surface area contributed by atoms with E-state index in [0.29, 0.717) is 29.6 Å². The maximum absolute atomic E-state index is 12.3. The Balaban J connectivity index is 0.00000364. The highest BCUT2D eigenvalue weighted by atomic mass is 35.5. The van der Waals surface area contributed by atoms with Crippen molar-refractivity contribution in [1.29, 1.82) is 0 Å². The van der Waals surface area contributed by atoms with Crippen LogP contribution >= 0.6 is 12.4 Å². The summed E-state index contributed by atoms with van der Waals surface area (Å²) in [6.45, 7) is 3.98. The molecule has 150 valence electrons. The molecule has 2 aromatic rings. The molecule has 27 heavy (non-hydrogen) atoms. The lowest BCUT2D eigenvalue weighted by atomic mass is 10.0. The minimum Gasteiger partial charge on any atom is -0.493 e. The summed E-state index contributed by atoms with van der Waals surface area (Å²) in [5.41, 5.74) is 6.64. The normalized spacial score (nSPS) is 12.5. The summed E-state index contributed by atoms with van der Waals surface area (Å²) in [6, 6.07) is 5.17. The Bertz CT molecular complexity index is 764. The van der Waals surface area contributed by atoms with E-state index in [1.54, 1.807) is 58.2 Å². The molecular formula is C18H27ClN4O4. The second-order valence-electron chi connectivity index (χ2n) is 6.00. The van der Waals surface area contributed by atoms with E-state index in [1.165, 1.54) is 0 Å². The Kier molecular flexibility index (Phi) is 8.39. The average molecular weight is 399 g/mol. The average Bonchev–Trinajstić information content (AvgIpc) is 3.06. The second-order valence-corrected chi connectivity index (χ2v) is 6.00. The van der Waals surface area contributed by atoms with Crippen molar-refractivity contribution in [2.45, 2.75) is 26.4 Å². The first-order chi connectivity index (χ1) is 12.4. The Morgan fingerprint density at radius 3 is 2.37 bits per heavy atom. The smallest absolute Gasteiger partial charge is 0.229 e. The SMILES string of the molecule is COc1ccc(Cn2nccc2NC(=O)C(C)C(C)N)c(OC)c1OC.Cl. The number of aromatic nitrogens is 2. The highest BCUT2D eigenvalue weighted by Gasteiger charge is 2.20. The number of carbonyl (C=O) groups excluding carboxylic acids is 1. The number of hydrogen-bond donors (Lipinski definition) is 2. The van der Waals surface area contributed by atoms with Gasteiger partial charge in [-0.3, -0.25) is 4.79 Å². The van der Waals surface area contributed by atoms with Crippen molar-refractivity contribution in [3.63, 3.8) is 0 Å². The van der Waals surface area contributed by atoms with Crippen molar-refractivity contribution in [3.8, 4) is 17.2 Å². The predicted octanol–water partition coefficient (Wildman–Crippen LogP) is 2.30. The number of hydrogen-bond acceptors (Lipinski definition) is 6. The molecule has 0 aliphatic heterocycles. The molecule has 2 rings (SSSR count). The van der Waals surface area contributed by atoms with Gasteiger partial charge in [-0.2, -0.15) is 5.10 Å². The van der Waals surface area contributed by atoms with Crippen molar-refractivity contribution in [3.05, 3.63) is 30.0 Å². The van der Waals surface area contributed by atoms with Gasteiger partial charge in [-0.15, -0.1) is 12.4 Å². The molecule has 8 nitrogen and oxygen atoms in total. The molecule has 1 heterocycles. The van der Waals surface area contributed by atoms with Crippen LogP contribution in [0.1, 0.15) is 19.4 Å². The molecule has 0 fully saturated rings. The lowest BCUT2D eigenvalue weighted by Gasteiger charge is -2.18. The van der Waals surface area contributed by atoms with E-state index in [2.05, 4.69) is 10.4 Å². The largest absolute Gasteiger partial charge is 0.493 e. The lowest BCUT2D eigenvalue weighted by molar-refractivity contribution is -0.119. The Hall–Kier alpha value is -2.45. The van der Waals surface area contributed by atoms with Crippen LogP contribution < -0.4 is 25.3 Å². The number of nitrogens with two attached hydrogens (primary N) is 1. The molecule has 0 aliphatic rings. The number of anilines is 1. The molecule has 2 unspecified atom stereocenters. The zero-order valence-electron chi connectivity index (χ0n) is 16.2. The number of nitrogens with zero attached hydrogens (tertiary/aromatic N) is 2. The van der Waals surface area contributed by atoms with Gasteiger partial charge in [-0.1, -0.05) is 6.92 Å². The maximum atomic E-state index is 12.3. The van der Waals surface area contributed by atoms with Crippen molar-refractivity contribution >= 4 is 24.1 Å². The Morgan fingerprint density at radius 1 is 1.15 bits per heavy atom. The minimum absolute atomic E-state index is 0. The molecule has 2 atom stereocenters. The first kappa shape index (κ1) is 22.6. The molecule has 0 spiro atoms. The first-order valence-electron chi connectivity index (χ1n) is 8.29. The third kappa shape index (κ3) is 5.05. The second kappa shape index (κ2) is 10.0. The maximum Gasteiger partial charge on any atom is 0.229 e. The molecule has 1 amide bonds. The summed E-state index contributed by atoms with van der Waals surface area (Å²) in [5.74, 6) is 1.77. The molecule has 1 aromatic heterocycles. The van der Waals surface area contributed by atoms with Crippen LogP contribution in [-0.2, 0) is 11.3 Å². The Labute approximate surface area is 165 Å². The van der Waals surface area contributed by atoms with Gasteiger partial charge in [0.2, 0.25) is 11.7 Å². The monoisotopic (exact) mass is 398 g/mol. The van der Waals surface area contributed by atoms with Gasteiger partial charge in [0.05, 0.1) is 40.0 Å². The molecule has 3 N–H and O–H groups in total. The first-order valence-corrected chi connectivity index (χ1v) is 8.29. The van der Waals surface area contributed by atoms with Gasteiger partial charge in [0.25, 0.3) is 0 Å². The van der Waals surface area contributed by atoms with Crippen LogP contribution in [0, 0.1) is 5.92 Å². The van der Waals surface area contributed by atoms with Gasteiger partial charge in [-0.05, 0) is 19.1 Å². The number of nitrogens with one attached hydrogen (secondary N) is 1. The van der Waals surface area contributed by atoms with E-state index in [4.69, 9.17) is 19.9 Å². The number of benzene rings is 1. The minimum atomic E-state index is -0.311.